The predicted molar refractivity (Wildman–Crippen MR) is 208 cm³/mol. The van der Waals surface area contributed by atoms with Gasteiger partial charge in [0.2, 0.25) is 0 Å². The molecule has 4 heterocycles. The number of aliphatic hydroxyl groups is 11. The van der Waals surface area contributed by atoms with Crippen LogP contribution in [0.2, 0.25) is 0 Å². The number of rotatable bonds is 11. The Bertz CT molecular complexity index is 1550. The Kier molecular flexibility index (Phi) is 13.5. The molecule has 11 N–H and O–H groups in total. The molecule has 350 valence electrons. The first-order valence-electron chi connectivity index (χ1n) is 22.6. The van der Waals surface area contributed by atoms with Gasteiger partial charge in [-0.05, 0) is 85.9 Å². The van der Waals surface area contributed by atoms with Gasteiger partial charge >= 0.3 is 0 Å². The Labute approximate surface area is 356 Å². The van der Waals surface area contributed by atoms with Gasteiger partial charge in [-0.15, -0.1) is 0 Å². The molecule has 8 aliphatic rings. The van der Waals surface area contributed by atoms with Gasteiger partial charge in [-0.25, -0.2) is 0 Å². The molecule has 25 unspecified atom stereocenters. The number of ether oxygens (including phenoxy) is 7. The second-order valence-corrected chi connectivity index (χ2v) is 19.9. The standard InChI is InChI=1S/C43H70O18/c1-5-6-11-43(54)18(2)27-24(61-43)15-23-21-8-7-19-14-20(9-12-41(19,3)22(21)10-13-42(23,27)4)55-40-36(59-39-33(51)30(48)31(49)37(53)60-39)34(52)35(26(17-45)57-40)58-38-32(50)29(47)28(46)25(16-44)56-38/h7,18,20-40,44-54H,5-6,8-17H2,1-4H3. The Hall–Kier alpha value is -0.980. The summed E-state index contributed by atoms with van der Waals surface area (Å²) in [5.41, 5.74) is 1.25. The summed E-state index contributed by atoms with van der Waals surface area (Å²) in [6.45, 7) is 7.63. The van der Waals surface area contributed by atoms with Crippen LogP contribution in [-0.2, 0) is 33.2 Å². The van der Waals surface area contributed by atoms with E-state index in [1.54, 1.807) is 0 Å². The van der Waals surface area contributed by atoms with Gasteiger partial charge in [-0.3, -0.25) is 0 Å². The molecule has 0 radical (unpaired) electrons. The quantitative estimate of drug-likeness (QED) is 0.110. The molecule has 61 heavy (non-hydrogen) atoms. The molecular weight excluding hydrogens is 804 g/mol. The van der Waals surface area contributed by atoms with Crippen LogP contribution < -0.4 is 0 Å². The minimum absolute atomic E-state index is 0.0515. The van der Waals surface area contributed by atoms with E-state index >= 15 is 0 Å². The van der Waals surface area contributed by atoms with Gasteiger partial charge in [0.1, 0.15) is 67.1 Å². The average Bonchev–Trinajstić information content (AvgIpc) is 3.68. The molecule has 3 saturated carbocycles. The minimum atomic E-state index is -1.97. The molecule has 18 heteroatoms. The zero-order chi connectivity index (χ0) is 43.9. The van der Waals surface area contributed by atoms with E-state index in [-0.39, 0.29) is 22.9 Å². The molecular formula is C43H70O18. The van der Waals surface area contributed by atoms with Crippen molar-refractivity contribution in [3.63, 3.8) is 0 Å². The first kappa shape index (κ1) is 46.5. The Balaban J connectivity index is 0.994. The molecule has 0 spiro atoms. The van der Waals surface area contributed by atoms with Crippen LogP contribution in [-0.4, -0.2) is 180 Å². The number of hydrogen-bond acceptors (Lipinski definition) is 18. The van der Waals surface area contributed by atoms with E-state index in [0.717, 1.165) is 44.9 Å². The second-order valence-electron chi connectivity index (χ2n) is 19.9. The zero-order valence-corrected chi connectivity index (χ0v) is 35.5. The van der Waals surface area contributed by atoms with Gasteiger partial charge in [-0.1, -0.05) is 45.8 Å². The Morgan fingerprint density at radius 1 is 0.721 bits per heavy atom. The summed E-state index contributed by atoms with van der Waals surface area (Å²) in [5, 5.41) is 117. The van der Waals surface area contributed by atoms with Gasteiger partial charge in [0.15, 0.2) is 30.9 Å². The Morgan fingerprint density at radius 2 is 1.38 bits per heavy atom. The molecule has 25 atom stereocenters. The van der Waals surface area contributed by atoms with Crippen molar-refractivity contribution in [3.05, 3.63) is 11.6 Å². The topological polar surface area (TPSA) is 287 Å². The lowest BCUT2D eigenvalue weighted by molar-refractivity contribution is -0.400. The summed E-state index contributed by atoms with van der Waals surface area (Å²) >= 11 is 0. The van der Waals surface area contributed by atoms with Crippen molar-refractivity contribution in [2.45, 2.75) is 202 Å². The van der Waals surface area contributed by atoms with Crippen LogP contribution in [0, 0.1) is 40.4 Å². The van der Waals surface area contributed by atoms with E-state index < -0.39 is 117 Å². The van der Waals surface area contributed by atoms with E-state index in [1.807, 2.05) is 0 Å². The first-order valence-corrected chi connectivity index (χ1v) is 22.6. The largest absolute Gasteiger partial charge is 0.394 e. The number of unbranched alkanes of at least 4 members (excludes halogenated alkanes) is 1. The van der Waals surface area contributed by atoms with E-state index in [9.17, 15) is 56.2 Å². The molecule has 18 nitrogen and oxygen atoms in total. The molecule has 4 aliphatic heterocycles. The molecule has 0 aromatic rings. The van der Waals surface area contributed by atoms with Gasteiger partial charge in [0.25, 0.3) is 0 Å². The van der Waals surface area contributed by atoms with Crippen molar-refractivity contribution in [3.8, 4) is 0 Å². The summed E-state index contributed by atoms with van der Waals surface area (Å²) in [6.07, 6.45) is -15.1. The van der Waals surface area contributed by atoms with Crippen LogP contribution in [0.3, 0.4) is 0 Å². The summed E-state index contributed by atoms with van der Waals surface area (Å²) in [5.74, 6) is 0.706. The highest BCUT2D eigenvalue weighted by molar-refractivity contribution is 5.26. The zero-order valence-electron chi connectivity index (χ0n) is 35.5. The maximum Gasteiger partial charge on any atom is 0.189 e. The fourth-order valence-electron chi connectivity index (χ4n) is 13.2. The number of allylic oxidation sites excluding steroid dienone is 1. The highest BCUT2D eigenvalue weighted by Gasteiger charge is 2.68. The minimum Gasteiger partial charge on any atom is -0.394 e. The van der Waals surface area contributed by atoms with E-state index in [1.165, 1.54) is 5.57 Å². The average molecular weight is 875 g/mol. The summed E-state index contributed by atoms with van der Waals surface area (Å²) in [6, 6.07) is 0. The number of fused-ring (bicyclic) bond motifs is 7. The first-order chi connectivity index (χ1) is 28.9. The third kappa shape index (κ3) is 7.88. The predicted octanol–water partition coefficient (Wildman–Crippen LogP) is -1.12. The lowest BCUT2D eigenvalue weighted by Crippen LogP contribution is -2.67. The van der Waals surface area contributed by atoms with E-state index in [2.05, 4.69) is 33.8 Å². The maximum absolute atomic E-state index is 11.9. The fraction of sp³-hybridized carbons (Fsp3) is 0.953. The van der Waals surface area contributed by atoms with Crippen LogP contribution >= 0.6 is 0 Å². The number of aliphatic hydroxyl groups excluding tert-OH is 10. The monoisotopic (exact) mass is 874 g/mol. The van der Waals surface area contributed by atoms with Crippen LogP contribution in [0.25, 0.3) is 0 Å². The Morgan fingerprint density at radius 3 is 2.07 bits per heavy atom. The third-order valence-corrected chi connectivity index (χ3v) is 16.7. The normalized spacial score (nSPS) is 55.9. The summed E-state index contributed by atoms with van der Waals surface area (Å²) in [7, 11) is 0. The molecule has 4 aliphatic carbocycles. The molecule has 0 amide bonds. The highest BCUT2D eigenvalue weighted by atomic mass is 16.8. The smallest absolute Gasteiger partial charge is 0.189 e. The van der Waals surface area contributed by atoms with Gasteiger partial charge in [0, 0.05) is 12.3 Å². The molecule has 0 bridgehead atoms. The van der Waals surface area contributed by atoms with Crippen molar-refractivity contribution in [2.75, 3.05) is 13.2 Å². The number of hydrogen-bond donors (Lipinski definition) is 11. The second kappa shape index (κ2) is 17.7. The SMILES string of the molecule is CCCCC1(O)OC2CC3C4CC=C5CC(OC6OC(CO)C(OC7OC(CO)C(O)C(O)C7O)C(O)C6OC6OC(O)C(O)C(O)C6O)CCC5(C)C4CCC3(C)C2C1C. The van der Waals surface area contributed by atoms with Crippen LogP contribution in [0.15, 0.2) is 11.6 Å². The van der Waals surface area contributed by atoms with Gasteiger partial charge in [0.05, 0.1) is 25.4 Å². The van der Waals surface area contributed by atoms with Crippen molar-refractivity contribution < 1.29 is 89.3 Å². The molecule has 0 aromatic heterocycles. The van der Waals surface area contributed by atoms with Crippen molar-refractivity contribution >= 4 is 0 Å². The van der Waals surface area contributed by atoms with Crippen molar-refractivity contribution in [1.29, 1.82) is 0 Å². The molecule has 4 saturated heterocycles. The van der Waals surface area contributed by atoms with Crippen LogP contribution in [0.4, 0.5) is 0 Å². The summed E-state index contributed by atoms with van der Waals surface area (Å²) < 4.78 is 42.0. The van der Waals surface area contributed by atoms with Gasteiger partial charge in [-0.2, -0.15) is 0 Å². The lowest BCUT2D eigenvalue weighted by atomic mass is 9.47. The van der Waals surface area contributed by atoms with Crippen molar-refractivity contribution in [1.82, 2.24) is 0 Å². The molecule has 7 fully saturated rings. The van der Waals surface area contributed by atoms with Crippen LogP contribution in [0.1, 0.15) is 91.9 Å². The van der Waals surface area contributed by atoms with E-state index in [0.29, 0.717) is 42.9 Å². The highest BCUT2D eigenvalue weighted by Crippen LogP contribution is 2.70. The molecule has 0 aromatic carbocycles. The molecule has 8 rings (SSSR count). The third-order valence-electron chi connectivity index (χ3n) is 16.7. The van der Waals surface area contributed by atoms with E-state index in [4.69, 9.17) is 33.2 Å². The maximum atomic E-state index is 11.9. The van der Waals surface area contributed by atoms with Crippen molar-refractivity contribution in [2.24, 2.45) is 40.4 Å². The van der Waals surface area contributed by atoms with Gasteiger partial charge < -0.3 is 89.3 Å². The van der Waals surface area contributed by atoms with Crippen LogP contribution in [0.5, 0.6) is 0 Å². The summed E-state index contributed by atoms with van der Waals surface area (Å²) in [4.78, 5) is 0. The lowest BCUT2D eigenvalue weighted by Gasteiger charge is -2.58. The fourth-order valence-corrected chi connectivity index (χ4v) is 13.2.